The van der Waals surface area contributed by atoms with Gasteiger partial charge in [0, 0.05) is 17.3 Å². The van der Waals surface area contributed by atoms with Crippen molar-refractivity contribution in [2.24, 2.45) is 0 Å². The number of benzene rings is 1. The molecular weight excluding hydrogens is 260 g/mol. The standard InChI is InChI=1S/C15H19ClN2O/c16-14-9-5-4-6-12(14)10-11-17-15(19)18-13-7-2-1-3-8-13/h4-6,9-11,13H,1-3,7-8H2,(H2,17,18,19)/b11-10+. The monoisotopic (exact) mass is 278 g/mol. The SMILES string of the molecule is O=C(N/C=C/c1ccccc1Cl)NC1CCCCC1. The van der Waals surface area contributed by atoms with E-state index in [4.69, 9.17) is 11.6 Å². The highest BCUT2D eigenvalue weighted by molar-refractivity contribution is 6.32. The molecule has 102 valence electrons. The van der Waals surface area contributed by atoms with E-state index >= 15 is 0 Å². The Kier molecular flexibility index (Phi) is 5.28. The number of rotatable bonds is 3. The summed E-state index contributed by atoms with van der Waals surface area (Å²) < 4.78 is 0. The van der Waals surface area contributed by atoms with Crippen molar-refractivity contribution in [3.63, 3.8) is 0 Å². The summed E-state index contributed by atoms with van der Waals surface area (Å²) in [5.74, 6) is 0. The molecule has 19 heavy (non-hydrogen) atoms. The Morgan fingerprint density at radius 1 is 1.21 bits per heavy atom. The van der Waals surface area contributed by atoms with Gasteiger partial charge in [0.1, 0.15) is 0 Å². The van der Waals surface area contributed by atoms with E-state index in [1.54, 1.807) is 12.3 Å². The van der Waals surface area contributed by atoms with Crippen molar-refractivity contribution in [1.29, 1.82) is 0 Å². The molecule has 1 aliphatic rings. The molecule has 1 aromatic rings. The van der Waals surface area contributed by atoms with E-state index < -0.39 is 0 Å². The van der Waals surface area contributed by atoms with Crippen molar-refractivity contribution in [3.05, 3.63) is 41.1 Å². The van der Waals surface area contributed by atoms with E-state index in [-0.39, 0.29) is 6.03 Å². The number of carbonyl (C=O) groups excluding carboxylic acids is 1. The van der Waals surface area contributed by atoms with Crippen molar-refractivity contribution in [3.8, 4) is 0 Å². The number of urea groups is 1. The lowest BCUT2D eigenvalue weighted by molar-refractivity contribution is 0.236. The predicted octanol–water partition coefficient (Wildman–Crippen LogP) is 3.94. The second-order valence-corrected chi connectivity index (χ2v) is 5.21. The summed E-state index contributed by atoms with van der Waals surface area (Å²) in [5, 5.41) is 6.38. The van der Waals surface area contributed by atoms with Gasteiger partial charge in [0.25, 0.3) is 0 Å². The van der Waals surface area contributed by atoms with Crippen LogP contribution >= 0.6 is 11.6 Å². The van der Waals surface area contributed by atoms with Crippen LogP contribution in [0.4, 0.5) is 4.79 Å². The molecule has 0 atom stereocenters. The van der Waals surface area contributed by atoms with E-state index in [1.165, 1.54) is 19.3 Å². The third-order valence-corrected chi connectivity index (χ3v) is 3.67. The second-order valence-electron chi connectivity index (χ2n) is 4.81. The van der Waals surface area contributed by atoms with Gasteiger partial charge >= 0.3 is 6.03 Å². The first-order valence-electron chi connectivity index (χ1n) is 6.74. The molecule has 3 nitrogen and oxygen atoms in total. The second kappa shape index (κ2) is 7.19. The zero-order valence-corrected chi connectivity index (χ0v) is 11.6. The molecule has 0 radical (unpaired) electrons. The number of carbonyl (C=O) groups is 1. The molecule has 2 N–H and O–H groups in total. The van der Waals surface area contributed by atoms with Crippen LogP contribution in [0.25, 0.3) is 6.08 Å². The first-order valence-corrected chi connectivity index (χ1v) is 7.11. The van der Waals surface area contributed by atoms with Gasteiger partial charge in [-0.05, 0) is 30.5 Å². The summed E-state index contributed by atoms with van der Waals surface area (Å²) in [7, 11) is 0. The molecule has 1 aromatic carbocycles. The van der Waals surface area contributed by atoms with Gasteiger partial charge in [0.2, 0.25) is 0 Å². The molecule has 1 fully saturated rings. The summed E-state index contributed by atoms with van der Waals surface area (Å²) in [6.45, 7) is 0. The number of halogens is 1. The van der Waals surface area contributed by atoms with Crippen LogP contribution < -0.4 is 10.6 Å². The molecular formula is C15H19ClN2O. The maximum Gasteiger partial charge on any atom is 0.318 e. The molecule has 0 aliphatic heterocycles. The van der Waals surface area contributed by atoms with Crippen LogP contribution in [0.1, 0.15) is 37.7 Å². The van der Waals surface area contributed by atoms with Gasteiger partial charge in [-0.15, -0.1) is 0 Å². The van der Waals surface area contributed by atoms with Gasteiger partial charge in [-0.25, -0.2) is 4.79 Å². The Labute approximate surface area is 119 Å². The van der Waals surface area contributed by atoms with Crippen molar-refractivity contribution in [2.45, 2.75) is 38.1 Å². The molecule has 2 amide bonds. The maximum absolute atomic E-state index is 11.7. The number of amides is 2. The highest BCUT2D eigenvalue weighted by atomic mass is 35.5. The fraction of sp³-hybridized carbons (Fsp3) is 0.400. The minimum absolute atomic E-state index is 0.143. The first kappa shape index (κ1) is 13.9. The van der Waals surface area contributed by atoms with E-state index in [1.807, 2.05) is 24.3 Å². The van der Waals surface area contributed by atoms with E-state index in [0.29, 0.717) is 11.1 Å². The Bertz CT molecular complexity index is 453. The van der Waals surface area contributed by atoms with Gasteiger partial charge in [-0.2, -0.15) is 0 Å². The minimum atomic E-state index is -0.143. The lowest BCUT2D eigenvalue weighted by Crippen LogP contribution is -2.40. The molecule has 0 saturated heterocycles. The topological polar surface area (TPSA) is 41.1 Å². The quantitative estimate of drug-likeness (QED) is 0.864. The van der Waals surface area contributed by atoms with Crippen LogP contribution in [0.2, 0.25) is 5.02 Å². The highest BCUT2D eigenvalue weighted by Gasteiger charge is 2.14. The Morgan fingerprint density at radius 2 is 1.95 bits per heavy atom. The fourth-order valence-electron chi connectivity index (χ4n) is 2.29. The van der Waals surface area contributed by atoms with Crippen LogP contribution in [0.15, 0.2) is 30.5 Å². The zero-order valence-electron chi connectivity index (χ0n) is 10.9. The van der Waals surface area contributed by atoms with E-state index in [0.717, 1.165) is 18.4 Å². The fourth-order valence-corrected chi connectivity index (χ4v) is 2.49. The van der Waals surface area contributed by atoms with Crippen molar-refractivity contribution >= 4 is 23.7 Å². The third kappa shape index (κ3) is 4.60. The normalized spacial score (nSPS) is 16.5. The molecule has 0 spiro atoms. The molecule has 4 heteroatoms. The highest BCUT2D eigenvalue weighted by Crippen LogP contribution is 2.17. The van der Waals surface area contributed by atoms with Crippen molar-refractivity contribution in [1.82, 2.24) is 10.6 Å². The molecule has 0 heterocycles. The van der Waals surface area contributed by atoms with Gasteiger partial charge in [-0.1, -0.05) is 49.1 Å². The smallest absolute Gasteiger partial charge is 0.318 e. The van der Waals surface area contributed by atoms with Crippen molar-refractivity contribution in [2.75, 3.05) is 0 Å². The van der Waals surface area contributed by atoms with Crippen LogP contribution in [0.5, 0.6) is 0 Å². The Balaban J connectivity index is 1.78. The molecule has 0 aromatic heterocycles. The summed E-state index contributed by atoms with van der Waals surface area (Å²) in [6, 6.07) is 7.69. The largest absolute Gasteiger partial charge is 0.335 e. The molecule has 1 saturated carbocycles. The molecule has 0 unspecified atom stereocenters. The summed E-state index contributed by atoms with van der Waals surface area (Å²) in [5.41, 5.74) is 0.891. The first-order chi connectivity index (χ1) is 9.25. The average molecular weight is 279 g/mol. The Hall–Kier alpha value is -1.48. The van der Waals surface area contributed by atoms with E-state index in [9.17, 15) is 4.79 Å². The maximum atomic E-state index is 11.7. The Morgan fingerprint density at radius 3 is 2.68 bits per heavy atom. The lowest BCUT2D eigenvalue weighted by Gasteiger charge is -2.22. The summed E-state index contributed by atoms with van der Waals surface area (Å²) in [4.78, 5) is 11.7. The number of hydrogen-bond acceptors (Lipinski definition) is 1. The van der Waals surface area contributed by atoms with Crippen molar-refractivity contribution < 1.29 is 4.79 Å². The van der Waals surface area contributed by atoms with Gasteiger partial charge in [0.15, 0.2) is 0 Å². The predicted molar refractivity (Wildman–Crippen MR) is 79.0 cm³/mol. The van der Waals surface area contributed by atoms with Crippen LogP contribution in [-0.4, -0.2) is 12.1 Å². The third-order valence-electron chi connectivity index (χ3n) is 3.32. The summed E-state index contributed by atoms with van der Waals surface area (Å²) >= 11 is 6.02. The van der Waals surface area contributed by atoms with Gasteiger partial charge in [-0.3, -0.25) is 0 Å². The molecule has 0 bridgehead atoms. The molecule has 2 rings (SSSR count). The average Bonchev–Trinajstić information content (AvgIpc) is 2.42. The van der Waals surface area contributed by atoms with Crippen LogP contribution in [-0.2, 0) is 0 Å². The van der Waals surface area contributed by atoms with E-state index in [2.05, 4.69) is 10.6 Å². The molecule has 1 aliphatic carbocycles. The number of nitrogens with one attached hydrogen (secondary N) is 2. The van der Waals surface area contributed by atoms with Gasteiger partial charge < -0.3 is 10.6 Å². The zero-order chi connectivity index (χ0) is 13.5. The minimum Gasteiger partial charge on any atom is -0.335 e. The summed E-state index contributed by atoms with van der Waals surface area (Å²) in [6.07, 6.45) is 9.29. The van der Waals surface area contributed by atoms with Gasteiger partial charge in [0.05, 0.1) is 0 Å². The number of hydrogen-bond donors (Lipinski definition) is 2. The van der Waals surface area contributed by atoms with Crippen LogP contribution in [0.3, 0.4) is 0 Å². The van der Waals surface area contributed by atoms with Crippen LogP contribution in [0, 0.1) is 0 Å². The lowest BCUT2D eigenvalue weighted by atomic mass is 9.96.